The highest BCUT2D eigenvalue weighted by molar-refractivity contribution is 7.11. The SMILES string of the molecule is CNCc1sc(COCC(F)(F)C(F)F)nc1COC. The quantitative estimate of drug-likeness (QED) is 0.711. The average Bonchev–Trinajstić information content (AvgIpc) is 2.72. The number of hydrogen-bond donors (Lipinski definition) is 1. The molecule has 0 aliphatic rings. The van der Waals surface area contributed by atoms with E-state index in [-0.39, 0.29) is 6.61 Å². The molecule has 0 radical (unpaired) electrons. The van der Waals surface area contributed by atoms with Gasteiger partial charge in [-0.3, -0.25) is 0 Å². The highest BCUT2D eigenvalue weighted by Crippen LogP contribution is 2.24. The number of alkyl halides is 4. The van der Waals surface area contributed by atoms with Gasteiger partial charge in [0.2, 0.25) is 0 Å². The molecule has 0 atom stereocenters. The highest BCUT2D eigenvalue weighted by Gasteiger charge is 2.41. The Morgan fingerprint density at radius 3 is 2.60 bits per heavy atom. The first kappa shape index (κ1) is 17.3. The van der Waals surface area contributed by atoms with Gasteiger partial charge >= 0.3 is 12.3 Å². The van der Waals surface area contributed by atoms with Crippen molar-refractivity contribution in [2.75, 3.05) is 20.8 Å². The summed E-state index contributed by atoms with van der Waals surface area (Å²) < 4.78 is 58.8. The zero-order valence-corrected chi connectivity index (χ0v) is 11.9. The minimum absolute atomic E-state index is 0.229. The molecule has 4 nitrogen and oxygen atoms in total. The number of nitrogens with one attached hydrogen (secondary N) is 1. The number of aromatic nitrogens is 1. The summed E-state index contributed by atoms with van der Waals surface area (Å²) in [6.07, 6.45) is -3.73. The molecule has 1 rings (SSSR count). The van der Waals surface area contributed by atoms with E-state index in [4.69, 9.17) is 4.74 Å². The standard InChI is InChI=1S/C11H16F4N2O2S/c1-16-3-8-7(4-18-2)17-9(20-8)5-19-6-11(14,15)10(12)13/h10,16H,3-6H2,1-2H3. The summed E-state index contributed by atoms with van der Waals surface area (Å²) in [7, 11) is 3.28. The molecule has 1 heterocycles. The Bertz CT molecular complexity index is 392. The number of ether oxygens (including phenoxy) is 2. The van der Waals surface area contributed by atoms with Gasteiger partial charge in [0.1, 0.15) is 11.6 Å². The molecule has 0 aliphatic carbocycles. The zero-order valence-electron chi connectivity index (χ0n) is 11.1. The molecule has 1 N–H and O–H groups in total. The summed E-state index contributed by atoms with van der Waals surface area (Å²) in [5.74, 6) is -4.14. The van der Waals surface area contributed by atoms with Crippen LogP contribution < -0.4 is 5.32 Å². The van der Waals surface area contributed by atoms with Crippen molar-refractivity contribution in [3.8, 4) is 0 Å². The lowest BCUT2D eigenvalue weighted by atomic mass is 10.4. The van der Waals surface area contributed by atoms with E-state index in [2.05, 4.69) is 15.0 Å². The smallest absolute Gasteiger partial charge is 0.330 e. The van der Waals surface area contributed by atoms with Crippen LogP contribution in [0.15, 0.2) is 0 Å². The van der Waals surface area contributed by atoms with Crippen molar-refractivity contribution in [1.82, 2.24) is 10.3 Å². The lowest BCUT2D eigenvalue weighted by Crippen LogP contribution is -2.32. The number of nitrogens with zero attached hydrogens (tertiary/aromatic N) is 1. The summed E-state index contributed by atoms with van der Waals surface area (Å²) >= 11 is 1.27. The monoisotopic (exact) mass is 316 g/mol. The molecule has 9 heteroatoms. The Morgan fingerprint density at radius 1 is 1.35 bits per heavy atom. The van der Waals surface area contributed by atoms with Crippen LogP contribution in [-0.4, -0.2) is 38.1 Å². The molecule has 1 aromatic rings. The molecule has 0 fully saturated rings. The summed E-state index contributed by atoms with van der Waals surface area (Å²) in [5, 5.41) is 3.40. The molecule has 0 bridgehead atoms. The van der Waals surface area contributed by atoms with Gasteiger partial charge in [-0.2, -0.15) is 8.78 Å². The maximum atomic E-state index is 12.7. The number of thiazole rings is 1. The Kier molecular flexibility index (Phi) is 6.80. The molecule has 0 saturated heterocycles. The molecule has 1 aromatic heterocycles. The Balaban J connectivity index is 2.58. The molecular formula is C11H16F4N2O2S. The maximum absolute atomic E-state index is 12.7. The lowest BCUT2D eigenvalue weighted by molar-refractivity contribution is -0.168. The van der Waals surface area contributed by atoms with E-state index < -0.39 is 19.0 Å². The van der Waals surface area contributed by atoms with E-state index in [1.165, 1.54) is 18.4 Å². The lowest BCUT2D eigenvalue weighted by Gasteiger charge is -2.14. The predicted octanol–water partition coefficient (Wildman–Crippen LogP) is 2.43. The summed E-state index contributed by atoms with van der Waals surface area (Å²) in [5.41, 5.74) is 0.686. The minimum Gasteiger partial charge on any atom is -0.378 e. The maximum Gasteiger partial charge on any atom is 0.330 e. The van der Waals surface area contributed by atoms with E-state index in [1.807, 2.05) is 0 Å². The summed E-state index contributed by atoms with van der Waals surface area (Å²) in [4.78, 5) is 5.08. The Hall–Kier alpha value is -0.770. The van der Waals surface area contributed by atoms with Gasteiger partial charge in [0.25, 0.3) is 0 Å². The second kappa shape index (κ2) is 7.87. The first-order valence-corrected chi connectivity index (χ1v) is 6.57. The van der Waals surface area contributed by atoms with Crippen molar-refractivity contribution in [2.45, 2.75) is 32.1 Å². The van der Waals surface area contributed by atoms with Crippen molar-refractivity contribution in [3.05, 3.63) is 15.6 Å². The largest absolute Gasteiger partial charge is 0.378 e. The molecule has 0 saturated carbocycles. The number of rotatable bonds is 9. The molecule has 20 heavy (non-hydrogen) atoms. The van der Waals surface area contributed by atoms with Crippen LogP contribution in [0.1, 0.15) is 15.6 Å². The van der Waals surface area contributed by atoms with E-state index >= 15 is 0 Å². The molecule has 0 unspecified atom stereocenters. The normalized spacial score (nSPS) is 12.3. The third-order valence-electron chi connectivity index (χ3n) is 2.28. The minimum atomic E-state index is -4.14. The van der Waals surface area contributed by atoms with Gasteiger partial charge < -0.3 is 14.8 Å². The van der Waals surface area contributed by atoms with E-state index in [0.29, 0.717) is 23.9 Å². The summed E-state index contributed by atoms with van der Waals surface area (Å²) in [6.45, 7) is -0.705. The van der Waals surface area contributed by atoms with Gasteiger partial charge in [0, 0.05) is 18.5 Å². The second-order valence-electron chi connectivity index (χ2n) is 4.00. The van der Waals surface area contributed by atoms with Gasteiger partial charge in [0.15, 0.2) is 0 Å². The fraction of sp³-hybridized carbons (Fsp3) is 0.727. The number of halogens is 4. The van der Waals surface area contributed by atoms with Gasteiger partial charge in [-0.1, -0.05) is 0 Å². The third-order valence-corrected chi connectivity index (χ3v) is 3.35. The van der Waals surface area contributed by atoms with Crippen LogP contribution in [0.4, 0.5) is 17.6 Å². The van der Waals surface area contributed by atoms with E-state index in [0.717, 1.165) is 4.88 Å². The zero-order chi connectivity index (χ0) is 15.2. The van der Waals surface area contributed by atoms with Gasteiger partial charge in [0.05, 0.1) is 18.9 Å². The van der Waals surface area contributed by atoms with Crippen LogP contribution in [0.2, 0.25) is 0 Å². The first-order valence-electron chi connectivity index (χ1n) is 5.75. The van der Waals surface area contributed by atoms with Crippen LogP contribution >= 0.6 is 11.3 Å². The van der Waals surface area contributed by atoms with Crippen LogP contribution in [-0.2, 0) is 29.2 Å². The highest BCUT2D eigenvalue weighted by atomic mass is 32.1. The molecule has 0 spiro atoms. The van der Waals surface area contributed by atoms with Crippen LogP contribution in [0.3, 0.4) is 0 Å². The predicted molar refractivity (Wildman–Crippen MR) is 66.2 cm³/mol. The average molecular weight is 316 g/mol. The van der Waals surface area contributed by atoms with Crippen molar-refractivity contribution in [3.63, 3.8) is 0 Å². The van der Waals surface area contributed by atoms with Crippen LogP contribution in [0.25, 0.3) is 0 Å². The molecule has 0 amide bonds. The fourth-order valence-electron chi connectivity index (χ4n) is 1.38. The third kappa shape index (κ3) is 4.97. The van der Waals surface area contributed by atoms with Crippen LogP contribution in [0, 0.1) is 0 Å². The van der Waals surface area contributed by atoms with Crippen molar-refractivity contribution >= 4 is 11.3 Å². The fourth-order valence-corrected chi connectivity index (χ4v) is 2.41. The van der Waals surface area contributed by atoms with Crippen molar-refractivity contribution in [1.29, 1.82) is 0 Å². The Morgan fingerprint density at radius 2 is 2.05 bits per heavy atom. The Labute approximate surface area is 118 Å². The number of methoxy groups -OCH3 is 1. The van der Waals surface area contributed by atoms with Gasteiger partial charge in [-0.05, 0) is 7.05 Å². The first-order chi connectivity index (χ1) is 9.40. The van der Waals surface area contributed by atoms with Crippen molar-refractivity contribution < 1.29 is 27.0 Å². The van der Waals surface area contributed by atoms with Crippen LogP contribution in [0.5, 0.6) is 0 Å². The van der Waals surface area contributed by atoms with Gasteiger partial charge in [-0.15, -0.1) is 11.3 Å². The number of hydrogen-bond acceptors (Lipinski definition) is 5. The molecule has 116 valence electrons. The van der Waals surface area contributed by atoms with Gasteiger partial charge in [-0.25, -0.2) is 13.8 Å². The summed E-state index contributed by atoms with van der Waals surface area (Å²) in [6, 6.07) is 0. The van der Waals surface area contributed by atoms with Crippen molar-refractivity contribution in [2.24, 2.45) is 0 Å². The van der Waals surface area contributed by atoms with E-state index in [9.17, 15) is 17.6 Å². The topological polar surface area (TPSA) is 43.4 Å². The molecule has 0 aromatic carbocycles. The molecule has 0 aliphatic heterocycles. The second-order valence-corrected chi connectivity index (χ2v) is 5.16. The molecular weight excluding hydrogens is 300 g/mol. The van der Waals surface area contributed by atoms with E-state index in [1.54, 1.807) is 7.05 Å².